The molecule has 0 aliphatic carbocycles. The molecule has 0 fully saturated rings. The fourth-order valence-electron chi connectivity index (χ4n) is 6.39. The lowest BCUT2D eigenvalue weighted by molar-refractivity contribution is 0.0935. The molecule has 1 aliphatic heterocycles. The molecule has 0 radical (unpaired) electrons. The molecule has 8 nitrogen and oxygen atoms in total. The molecule has 3 N–H and O–H groups in total. The standard InChI is InChI=1S/C36H32F2N6O2/c1-19(2)13-28-30(33(40)45)29(31-32(42-28)36(4,43-35(31)46)16-21-5-9-26(37)10-6-21)25-14-23-11-12-44(34(23)41-18-25)20(3)22-7-8-24(17-39)27(38)15-22/h5-12,14-15,18-20H,13,16H2,1-4H3,(H2,40,45)(H,43,46)/t20?,36-/m0/s1. The van der Waals surface area contributed by atoms with Crippen molar-refractivity contribution in [2.24, 2.45) is 11.7 Å². The number of halogens is 2. The van der Waals surface area contributed by atoms with Crippen molar-refractivity contribution in [3.63, 3.8) is 0 Å². The minimum Gasteiger partial charge on any atom is -0.366 e. The van der Waals surface area contributed by atoms with Crippen molar-refractivity contribution < 1.29 is 18.4 Å². The number of nitrogens with two attached hydrogens (primary N) is 1. The molecule has 5 aromatic rings. The first-order valence-electron chi connectivity index (χ1n) is 15.0. The summed E-state index contributed by atoms with van der Waals surface area (Å²) < 4.78 is 30.0. The number of benzene rings is 2. The zero-order valence-electron chi connectivity index (χ0n) is 25.9. The summed E-state index contributed by atoms with van der Waals surface area (Å²) in [5, 5.41) is 12.9. The Labute approximate surface area is 264 Å². The van der Waals surface area contributed by atoms with Crippen molar-refractivity contribution >= 4 is 22.8 Å². The van der Waals surface area contributed by atoms with Crippen molar-refractivity contribution in [3.05, 3.63) is 118 Å². The van der Waals surface area contributed by atoms with Crippen molar-refractivity contribution in [1.29, 1.82) is 5.26 Å². The molecule has 2 amide bonds. The summed E-state index contributed by atoms with van der Waals surface area (Å²) in [6.07, 6.45) is 4.24. The molecule has 1 unspecified atom stereocenters. The normalized spacial score (nSPS) is 16.3. The third kappa shape index (κ3) is 5.28. The average Bonchev–Trinajstić information content (AvgIpc) is 3.54. The number of nitrogens with one attached hydrogen (secondary N) is 1. The Bertz CT molecular complexity index is 2080. The maximum atomic E-state index is 14.4. The van der Waals surface area contributed by atoms with Gasteiger partial charge >= 0.3 is 0 Å². The van der Waals surface area contributed by atoms with E-state index in [0.717, 1.165) is 10.9 Å². The Morgan fingerprint density at radius 2 is 1.83 bits per heavy atom. The van der Waals surface area contributed by atoms with Gasteiger partial charge in [0.15, 0.2) is 0 Å². The quantitative estimate of drug-likeness (QED) is 0.209. The van der Waals surface area contributed by atoms with Gasteiger partial charge in [-0.2, -0.15) is 5.26 Å². The van der Waals surface area contributed by atoms with E-state index in [4.69, 9.17) is 21.0 Å². The summed E-state index contributed by atoms with van der Waals surface area (Å²) in [6, 6.07) is 15.9. The van der Waals surface area contributed by atoms with Gasteiger partial charge in [0.05, 0.1) is 39.7 Å². The average molecular weight is 619 g/mol. The molecule has 2 aromatic carbocycles. The van der Waals surface area contributed by atoms with E-state index in [0.29, 0.717) is 46.6 Å². The molecular weight excluding hydrogens is 586 g/mol. The van der Waals surface area contributed by atoms with Crippen LogP contribution in [0.25, 0.3) is 22.2 Å². The van der Waals surface area contributed by atoms with Gasteiger partial charge in [0.25, 0.3) is 11.8 Å². The number of aromatic nitrogens is 3. The number of pyridine rings is 2. The Kier molecular flexibility index (Phi) is 7.64. The van der Waals surface area contributed by atoms with Gasteiger partial charge in [0.2, 0.25) is 0 Å². The van der Waals surface area contributed by atoms with Crippen molar-refractivity contribution in [3.8, 4) is 17.2 Å². The van der Waals surface area contributed by atoms with Gasteiger partial charge in [-0.25, -0.2) is 13.8 Å². The number of primary amides is 1. The van der Waals surface area contributed by atoms with E-state index in [1.807, 2.05) is 56.7 Å². The largest absolute Gasteiger partial charge is 0.366 e. The van der Waals surface area contributed by atoms with Crippen LogP contribution in [0.5, 0.6) is 0 Å². The summed E-state index contributed by atoms with van der Waals surface area (Å²) in [4.78, 5) is 36.6. The SMILES string of the molecule is CC(C)Cc1nc2c(c(-c3cnc4c(ccn4C(C)c4ccc(C#N)c(F)c4)c3)c1C(N)=O)C(=O)N[C@@]2(C)Cc1ccc(F)cc1. The molecule has 0 saturated heterocycles. The highest BCUT2D eigenvalue weighted by Crippen LogP contribution is 2.42. The smallest absolute Gasteiger partial charge is 0.254 e. The number of carbonyl (C=O) groups excluding carboxylic acids is 2. The topological polar surface area (TPSA) is 127 Å². The van der Waals surface area contributed by atoms with Gasteiger partial charge in [-0.15, -0.1) is 0 Å². The van der Waals surface area contributed by atoms with Gasteiger partial charge in [-0.05, 0) is 73.7 Å². The molecular formula is C36H32F2N6O2. The van der Waals surface area contributed by atoms with Crippen LogP contribution < -0.4 is 11.1 Å². The van der Waals surface area contributed by atoms with Crippen LogP contribution in [0.3, 0.4) is 0 Å². The van der Waals surface area contributed by atoms with E-state index in [-0.39, 0.29) is 34.5 Å². The summed E-state index contributed by atoms with van der Waals surface area (Å²) in [5.74, 6) is -1.91. The molecule has 232 valence electrons. The fraction of sp³-hybridized carbons (Fsp3) is 0.250. The minimum atomic E-state index is -0.937. The second kappa shape index (κ2) is 11.5. The maximum absolute atomic E-state index is 14.4. The first-order chi connectivity index (χ1) is 21.9. The first-order valence-corrected chi connectivity index (χ1v) is 15.0. The van der Waals surface area contributed by atoms with Crippen LogP contribution in [0.4, 0.5) is 8.78 Å². The molecule has 3 aromatic heterocycles. The van der Waals surface area contributed by atoms with Gasteiger partial charge in [0, 0.05) is 35.3 Å². The molecule has 2 atom stereocenters. The lowest BCUT2D eigenvalue weighted by Crippen LogP contribution is -2.39. The van der Waals surface area contributed by atoms with Gasteiger partial charge in [-0.1, -0.05) is 32.0 Å². The number of nitriles is 1. The summed E-state index contributed by atoms with van der Waals surface area (Å²) in [5.41, 5.74) is 9.45. The summed E-state index contributed by atoms with van der Waals surface area (Å²) >= 11 is 0. The molecule has 10 heteroatoms. The first kappa shape index (κ1) is 30.6. The van der Waals surface area contributed by atoms with E-state index >= 15 is 0 Å². The molecule has 6 rings (SSSR count). The molecule has 0 spiro atoms. The molecule has 1 aliphatic rings. The predicted octanol–water partition coefficient (Wildman–Crippen LogP) is 6.36. The molecule has 46 heavy (non-hydrogen) atoms. The number of fused-ring (bicyclic) bond motifs is 2. The lowest BCUT2D eigenvalue weighted by Gasteiger charge is -2.26. The second-order valence-electron chi connectivity index (χ2n) is 12.5. The van der Waals surface area contributed by atoms with Crippen LogP contribution >= 0.6 is 0 Å². The van der Waals surface area contributed by atoms with E-state index < -0.39 is 23.2 Å². The van der Waals surface area contributed by atoms with Crippen molar-refractivity contribution in [2.75, 3.05) is 0 Å². The monoisotopic (exact) mass is 618 g/mol. The van der Waals surface area contributed by atoms with E-state index in [1.54, 1.807) is 24.4 Å². The van der Waals surface area contributed by atoms with E-state index in [2.05, 4.69) is 5.32 Å². The van der Waals surface area contributed by atoms with Gasteiger partial charge in [-0.3, -0.25) is 14.6 Å². The maximum Gasteiger partial charge on any atom is 0.254 e. The van der Waals surface area contributed by atoms with Crippen LogP contribution in [0, 0.1) is 28.9 Å². The van der Waals surface area contributed by atoms with Gasteiger partial charge in [0.1, 0.15) is 23.4 Å². The zero-order chi connectivity index (χ0) is 32.9. The number of hydrogen-bond donors (Lipinski definition) is 2. The summed E-state index contributed by atoms with van der Waals surface area (Å²) in [6.45, 7) is 7.80. The van der Waals surface area contributed by atoms with E-state index in [9.17, 15) is 18.4 Å². The van der Waals surface area contributed by atoms with Gasteiger partial charge < -0.3 is 15.6 Å². The third-order valence-electron chi connectivity index (χ3n) is 8.59. The number of hydrogen-bond acceptors (Lipinski definition) is 5. The number of rotatable bonds is 8. The molecule has 0 saturated carbocycles. The Morgan fingerprint density at radius 3 is 2.48 bits per heavy atom. The predicted molar refractivity (Wildman–Crippen MR) is 170 cm³/mol. The lowest BCUT2D eigenvalue weighted by atomic mass is 9.85. The Morgan fingerprint density at radius 1 is 1.09 bits per heavy atom. The third-order valence-corrected chi connectivity index (χ3v) is 8.59. The second-order valence-corrected chi connectivity index (χ2v) is 12.5. The molecule has 0 bridgehead atoms. The molecule has 4 heterocycles. The van der Waals surface area contributed by atoms with Crippen LogP contribution in [-0.4, -0.2) is 26.3 Å². The van der Waals surface area contributed by atoms with E-state index in [1.165, 1.54) is 24.3 Å². The number of nitrogens with zero attached hydrogens (tertiary/aromatic N) is 4. The van der Waals surface area contributed by atoms with Crippen LogP contribution in [0.1, 0.15) is 82.5 Å². The van der Waals surface area contributed by atoms with Crippen LogP contribution in [0.15, 0.2) is 67.0 Å². The number of amides is 2. The van der Waals surface area contributed by atoms with Crippen molar-refractivity contribution in [1.82, 2.24) is 19.9 Å². The van der Waals surface area contributed by atoms with Crippen molar-refractivity contribution in [2.45, 2.75) is 52.1 Å². The number of carbonyl (C=O) groups is 2. The Balaban J connectivity index is 1.51. The highest BCUT2D eigenvalue weighted by atomic mass is 19.1. The van der Waals surface area contributed by atoms with Crippen LogP contribution in [0.2, 0.25) is 0 Å². The van der Waals surface area contributed by atoms with Crippen LogP contribution in [-0.2, 0) is 18.4 Å². The fourth-order valence-corrected chi connectivity index (χ4v) is 6.39. The summed E-state index contributed by atoms with van der Waals surface area (Å²) in [7, 11) is 0. The zero-order valence-corrected chi connectivity index (χ0v) is 25.9. The highest BCUT2D eigenvalue weighted by molar-refractivity contribution is 6.12. The Hall–Kier alpha value is -5.43. The highest BCUT2D eigenvalue weighted by Gasteiger charge is 2.44. The minimum absolute atomic E-state index is 0.0270.